The van der Waals surface area contributed by atoms with Crippen molar-refractivity contribution in [2.75, 3.05) is 20.3 Å². The number of carbonyl (C=O) groups excluding carboxylic acids is 2. The van der Waals surface area contributed by atoms with E-state index in [1.54, 1.807) is 12.1 Å². The molecule has 0 saturated carbocycles. The Labute approximate surface area is 112 Å². The molecule has 1 atom stereocenters. The molecule has 102 valence electrons. The second-order valence-electron chi connectivity index (χ2n) is 4.37. The molecule has 0 aromatic heterocycles. The summed E-state index contributed by atoms with van der Waals surface area (Å²) in [6.45, 7) is 0.522. The first-order chi connectivity index (χ1) is 9.22. The number of benzene rings is 1. The number of ether oxygens (including phenoxy) is 2. The molecule has 2 rings (SSSR count). The minimum atomic E-state index is -0.461. The normalized spacial score (nSPS) is 18.2. The van der Waals surface area contributed by atoms with Gasteiger partial charge in [-0.25, -0.2) is 4.79 Å². The molecule has 1 amide bonds. The Balaban J connectivity index is 1.90. The van der Waals surface area contributed by atoms with Crippen molar-refractivity contribution in [3.8, 4) is 5.75 Å². The van der Waals surface area contributed by atoms with Crippen molar-refractivity contribution in [3.63, 3.8) is 0 Å². The zero-order chi connectivity index (χ0) is 13.7. The summed E-state index contributed by atoms with van der Waals surface area (Å²) in [6.07, 6.45) is 1.47. The highest BCUT2D eigenvalue weighted by Crippen LogP contribution is 2.19. The van der Waals surface area contributed by atoms with E-state index in [-0.39, 0.29) is 18.5 Å². The fourth-order valence-corrected chi connectivity index (χ4v) is 2.19. The van der Waals surface area contributed by atoms with Gasteiger partial charge in [0.15, 0.2) is 6.61 Å². The Morgan fingerprint density at radius 2 is 2.05 bits per heavy atom. The fourth-order valence-electron chi connectivity index (χ4n) is 2.19. The standard InChI is InChI=1S/C14H17NO4/c1-18-14(17)12-8-5-9-15(12)13(16)10-19-11-6-3-2-4-7-11/h2-4,6-7,12H,5,8-10H2,1H3. The largest absolute Gasteiger partial charge is 0.484 e. The first-order valence-electron chi connectivity index (χ1n) is 6.27. The Hall–Kier alpha value is -2.04. The van der Waals surface area contributed by atoms with Crippen molar-refractivity contribution in [2.24, 2.45) is 0 Å². The molecule has 1 fully saturated rings. The van der Waals surface area contributed by atoms with E-state index < -0.39 is 6.04 Å². The molecule has 19 heavy (non-hydrogen) atoms. The summed E-state index contributed by atoms with van der Waals surface area (Å²) >= 11 is 0. The van der Waals surface area contributed by atoms with Crippen LogP contribution in [0, 0.1) is 0 Å². The molecule has 1 unspecified atom stereocenters. The molecule has 1 saturated heterocycles. The first kappa shape index (κ1) is 13.4. The summed E-state index contributed by atoms with van der Waals surface area (Å²) in [6, 6.07) is 8.67. The van der Waals surface area contributed by atoms with Gasteiger partial charge in [0.2, 0.25) is 0 Å². The molecule has 0 aliphatic carbocycles. The highest BCUT2D eigenvalue weighted by Gasteiger charge is 2.34. The van der Waals surface area contributed by atoms with E-state index in [0.29, 0.717) is 18.7 Å². The van der Waals surface area contributed by atoms with Gasteiger partial charge in [0.25, 0.3) is 5.91 Å². The number of nitrogens with zero attached hydrogens (tertiary/aromatic N) is 1. The van der Waals surface area contributed by atoms with Gasteiger partial charge in [0, 0.05) is 6.54 Å². The van der Waals surface area contributed by atoms with Crippen LogP contribution in [-0.4, -0.2) is 43.1 Å². The molecule has 1 heterocycles. The third kappa shape index (κ3) is 3.24. The molecule has 1 aliphatic rings. The topological polar surface area (TPSA) is 55.8 Å². The number of likely N-dealkylation sites (tertiary alicyclic amines) is 1. The van der Waals surface area contributed by atoms with Crippen LogP contribution in [0.15, 0.2) is 30.3 Å². The number of hydrogen-bond acceptors (Lipinski definition) is 4. The highest BCUT2D eigenvalue weighted by atomic mass is 16.5. The van der Waals surface area contributed by atoms with E-state index in [4.69, 9.17) is 9.47 Å². The lowest BCUT2D eigenvalue weighted by molar-refractivity contribution is -0.151. The third-order valence-corrected chi connectivity index (χ3v) is 3.15. The molecular formula is C14H17NO4. The van der Waals surface area contributed by atoms with Crippen molar-refractivity contribution >= 4 is 11.9 Å². The summed E-state index contributed by atoms with van der Waals surface area (Å²) in [5, 5.41) is 0. The number of esters is 1. The number of rotatable bonds is 4. The predicted molar refractivity (Wildman–Crippen MR) is 68.7 cm³/mol. The Bertz CT molecular complexity index is 446. The molecule has 0 radical (unpaired) electrons. The molecule has 5 heteroatoms. The van der Waals surface area contributed by atoms with Crippen LogP contribution in [0.1, 0.15) is 12.8 Å². The third-order valence-electron chi connectivity index (χ3n) is 3.15. The lowest BCUT2D eigenvalue weighted by Crippen LogP contribution is -2.43. The van der Waals surface area contributed by atoms with Gasteiger partial charge in [-0.1, -0.05) is 18.2 Å². The first-order valence-corrected chi connectivity index (χ1v) is 6.27. The van der Waals surface area contributed by atoms with Crippen molar-refractivity contribution < 1.29 is 19.1 Å². The average molecular weight is 263 g/mol. The monoisotopic (exact) mass is 263 g/mol. The Kier molecular flexibility index (Phi) is 4.39. The van der Waals surface area contributed by atoms with Crippen LogP contribution in [0.25, 0.3) is 0 Å². The summed E-state index contributed by atoms with van der Waals surface area (Å²) in [4.78, 5) is 25.1. The maximum atomic E-state index is 12.0. The van der Waals surface area contributed by atoms with E-state index in [1.165, 1.54) is 12.0 Å². The van der Waals surface area contributed by atoms with Gasteiger partial charge in [-0.2, -0.15) is 0 Å². The molecule has 1 aromatic carbocycles. The second kappa shape index (κ2) is 6.22. The summed E-state index contributed by atoms with van der Waals surface area (Å²) in [5.74, 6) is 0.104. The van der Waals surface area contributed by atoms with Crippen LogP contribution in [0.2, 0.25) is 0 Å². The lowest BCUT2D eigenvalue weighted by atomic mass is 10.2. The summed E-state index contributed by atoms with van der Waals surface area (Å²) in [5.41, 5.74) is 0. The van der Waals surface area contributed by atoms with Gasteiger partial charge >= 0.3 is 5.97 Å². The second-order valence-corrected chi connectivity index (χ2v) is 4.37. The molecule has 0 N–H and O–H groups in total. The van der Waals surface area contributed by atoms with E-state index >= 15 is 0 Å². The van der Waals surface area contributed by atoms with Crippen molar-refractivity contribution in [2.45, 2.75) is 18.9 Å². The summed E-state index contributed by atoms with van der Waals surface area (Å²) in [7, 11) is 1.34. The molecule has 1 aromatic rings. The van der Waals surface area contributed by atoms with Crippen LogP contribution in [0.4, 0.5) is 0 Å². The Morgan fingerprint density at radius 3 is 2.74 bits per heavy atom. The fraction of sp³-hybridized carbons (Fsp3) is 0.429. The SMILES string of the molecule is COC(=O)C1CCCN1C(=O)COc1ccccc1. The van der Waals surface area contributed by atoms with E-state index in [1.807, 2.05) is 18.2 Å². The van der Waals surface area contributed by atoms with Crippen LogP contribution in [0.5, 0.6) is 5.75 Å². The highest BCUT2D eigenvalue weighted by molar-refractivity contribution is 5.85. The number of amides is 1. The maximum absolute atomic E-state index is 12.0. The number of hydrogen-bond donors (Lipinski definition) is 0. The van der Waals surface area contributed by atoms with Crippen molar-refractivity contribution in [1.29, 1.82) is 0 Å². The van der Waals surface area contributed by atoms with Crippen molar-refractivity contribution in [1.82, 2.24) is 4.90 Å². The van der Waals surface area contributed by atoms with Gasteiger partial charge in [0.1, 0.15) is 11.8 Å². The lowest BCUT2D eigenvalue weighted by Gasteiger charge is -2.22. The number of para-hydroxylation sites is 1. The molecule has 1 aliphatic heterocycles. The molecule has 0 bridgehead atoms. The van der Waals surface area contributed by atoms with E-state index in [0.717, 1.165) is 6.42 Å². The van der Waals surface area contributed by atoms with Crippen LogP contribution in [0.3, 0.4) is 0 Å². The average Bonchev–Trinajstić information content (AvgIpc) is 2.94. The zero-order valence-corrected chi connectivity index (χ0v) is 10.9. The van der Waals surface area contributed by atoms with Gasteiger partial charge in [0.05, 0.1) is 7.11 Å². The van der Waals surface area contributed by atoms with Crippen LogP contribution >= 0.6 is 0 Å². The Morgan fingerprint density at radius 1 is 1.32 bits per heavy atom. The zero-order valence-electron chi connectivity index (χ0n) is 10.9. The van der Waals surface area contributed by atoms with Gasteiger partial charge in [-0.05, 0) is 25.0 Å². The quantitative estimate of drug-likeness (QED) is 0.767. The van der Waals surface area contributed by atoms with Crippen LogP contribution in [-0.2, 0) is 14.3 Å². The predicted octanol–water partition coefficient (Wildman–Crippen LogP) is 1.23. The molecule has 0 spiro atoms. The van der Waals surface area contributed by atoms with E-state index in [9.17, 15) is 9.59 Å². The maximum Gasteiger partial charge on any atom is 0.328 e. The van der Waals surface area contributed by atoms with Gasteiger partial charge in [-0.15, -0.1) is 0 Å². The number of carbonyl (C=O) groups is 2. The minimum Gasteiger partial charge on any atom is -0.484 e. The van der Waals surface area contributed by atoms with Crippen LogP contribution < -0.4 is 4.74 Å². The molecular weight excluding hydrogens is 246 g/mol. The summed E-state index contributed by atoms with van der Waals surface area (Å²) < 4.78 is 10.1. The molecule has 5 nitrogen and oxygen atoms in total. The van der Waals surface area contributed by atoms with Gasteiger partial charge in [-0.3, -0.25) is 4.79 Å². The number of methoxy groups -OCH3 is 1. The minimum absolute atomic E-state index is 0.0580. The van der Waals surface area contributed by atoms with E-state index in [2.05, 4.69) is 0 Å². The van der Waals surface area contributed by atoms with Gasteiger partial charge < -0.3 is 14.4 Å². The smallest absolute Gasteiger partial charge is 0.328 e. The van der Waals surface area contributed by atoms with Crippen molar-refractivity contribution in [3.05, 3.63) is 30.3 Å².